The molecular formula is C15H23ClN2O2S. The Balaban J connectivity index is 2.40. The van der Waals surface area contributed by atoms with Crippen molar-refractivity contribution in [2.45, 2.75) is 56.9 Å². The van der Waals surface area contributed by atoms with Crippen molar-refractivity contribution in [3.8, 4) is 0 Å². The SMILES string of the molecule is CCCC1CCCCN1S(=O)(=O)c1cc(C)c(Cl)c(N)c1. The number of hydrogen-bond acceptors (Lipinski definition) is 3. The molecule has 1 heterocycles. The number of anilines is 1. The Morgan fingerprint density at radius 3 is 2.71 bits per heavy atom. The van der Waals surface area contributed by atoms with Gasteiger partial charge in [-0.25, -0.2) is 8.42 Å². The van der Waals surface area contributed by atoms with Gasteiger partial charge in [0.15, 0.2) is 0 Å². The molecule has 1 atom stereocenters. The lowest BCUT2D eigenvalue weighted by Gasteiger charge is -2.34. The molecule has 0 aliphatic carbocycles. The second kappa shape index (κ2) is 6.55. The van der Waals surface area contributed by atoms with Crippen LogP contribution in [0.5, 0.6) is 0 Å². The highest BCUT2D eigenvalue weighted by Gasteiger charge is 2.33. The summed E-state index contributed by atoms with van der Waals surface area (Å²) in [5.74, 6) is 0. The van der Waals surface area contributed by atoms with E-state index in [2.05, 4.69) is 6.92 Å². The number of rotatable bonds is 4. The molecule has 1 aromatic rings. The Hall–Kier alpha value is -0.780. The number of hydrogen-bond donors (Lipinski definition) is 1. The first kappa shape index (κ1) is 16.6. The first-order chi connectivity index (χ1) is 9.87. The van der Waals surface area contributed by atoms with E-state index in [1.807, 2.05) is 0 Å². The van der Waals surface area contributed by atoms with Crippen LogP contribution in [0, 0.1) is 6.92 Å². The van der Waals surface area contributed by atoms with E-state index >= 15 is 0 Å². The molecule has 2 rings (SSSR count). The Labute approximate surface area is 132 Å². The minimum atomic E-state index is -3.50. The number of halogens is 1. The first-order valence-corrected chi connectivity index (χ1v) is 9.27. The van der Waals surface area contributed by atoms with Gasteiger partial charge in [0, 0.05) is 12.6 Å². The maximum atomic E-state index is 12.9. The maximum absolute atomic E-state index is 12.9. The van der Waals surface area contributed by atoms with Crippen molar-refractivity contribution in [2.75, 3.05) is 12.3 Å². The van der Waals surface area contributed by atoms with Crippen LogP contribution < -0.4 is 5.73 Å². The summed E-state index contributed by atoms with van der Waals surface area (Å²) in [6, 6.07) is 3.19. The Kier molecular flexibility index (Phi) is 5.17. The van der Waals surface area contributed by atoms with E-state index in [4.69, 9.17) is 17.3 Å². The molecule has 0 spiro atoms. The van der Waals surface area contributed by atoms with E-state index in [0.29, 0.717) is 22.8 Å². The molecule has 6 heteroatoms. The van der Waals surface area contributed by atoms with Crippen molar-refractivity contribution < 1.29 is 8.42 Å². The summed E-state index contributed by atoms with van der Waals surface area (Å²) in [6.07, 6.45) is 4.84. The number of nitrogens with zero attached hydrogens (tertiary/aromatic N) is 1. The first-order valence-electron chi connectivity index (χ1n) is 7.45. The van der Waals surface area contributed by atoms with Gasteiger partial charge in [-0.05, 0) is 43.9 Å². The fraction of sp³-hybridized carbons (Fsp3) is 0.600. The van der Waals surface area contributed by atoms with Gasteiger partial charge in [-0.1, -0.05) is 31.4 Å². The fourth-order valence-electron chi connectivity index (χ4n) is 2.96. The number of aryl methyl sites for hydroxylation is 1. The summed E-state index contributed by atoms with van der Waals surface area (Å²) in [4.78, 5) is 0.255. The van der Waals surface area contributed by atoms with Crippen molar-refractivity contribution >= 4 is 27.3 Å². The van der Waals surface area contributed by atoms with Crippen LogP contribution >= 0.6 is 11.6 Å². The zero-order chi connectivity index (χ0) is 15.6. The molecule has 21 heavy (non-hydrogen) atoms. The van der Waals surface area contributed by atoms with E-state index in [1.165, 1.54) is 6.07 Å². The molecule has 1 saturated heterocycles. The average Bonchev–Trinajstić information content (AvgIpc) is 2.45. The number of benzene rings is 1. The molecule has 0 bridgehead atoms. The van der Waals surface area contributed by atoms with Gasteiger partial charge in [-0.3, -0.25) is 0 Å². The van der Waals surface area contributed by atoms with E-state index in [1.54, 1.807) is 17.3 Å². The molecule has 1 fully saturated rings. The Bertz CT molecular complexity index is 591. The monoisotopic (exact) mass is 330 g/mol. The third-order valence-corrected chi connectivity index (χ3v) is 6.50. The standard InChI is InChI=1S/C15H23ClN2O2S/c1-3-6-12-7-4-5-8-18(12)21(19,20)13-9-11(2)15(16)14(17)10-13/h9-10,12H,3-8,17H2,1-2H3. The fourth-order valence-corrected chi connectivity index (χ4v) is 4.91. The van der Waals surface area contributed by atoms with Crippen LogP contribution in [0.1, 0.15) is 44.6 Å². The lowest BCUT2D eigenvalue weighted by Crippen LogP contribution is -2.43. The van der Waals surface area contributed by atoms with Crippen molar-refractivity contribution in [2.24, 2.45) is 0 Å². The van der Waals surface area contributed by atoms with Gasteiger partial charge in [-0.15, -0.1) is 0 Å². The highest BCUT2D eigenvalue weighted by atomic mass is 35.5. The summed E-state index contributed by atoms with van der Waals surface area (Å²) in [5, 5.41) is 0.428. The van der Waals surface area contributed by atoms with Crippen molar-refractivity contribution in [3.63, 3.8) is 0 Å². The quantitative estimate of drug-likeness (QED) is 0.858. The van der Waals surface area contributed by atoms with Crippen LogP contribution in [0.15, 0.2) is 17.0 Å². The van der Waals surface area contributed by atoms with E-state index in [9.17, 15) is 8.42 Å². The molecule has 0 saturated carbocycles. The lowest BCUT2D eigenvalue weighted by atomic mass is 10.0. The third-order valence-electron chi connectivity index (χ3n) is 4.06. The van der Waals surface area contributed by atoms with Gasteiger partial charge in [0.2, 0.25) is 10.0 Å². The second-order valence-corrected chi connectivity index (χ2v) is 7.97. The van der Waals surface area contributed by atoms with Gasteiger partial charge < -0.3 is 5.73 Å². The zero-order valence-electron chi connectivity index (χ0n) is 12.6. The minimum absolute atomic E-state index is 0.103. The zero-order valence-corrected chi connectivity index (χ0v) is 14.2. The number of piperidine rings is 1. The number of nitrogens with two attached hydrogens (primary N) is 1. The molecule has 1 aromatic carbocycles. The summed E-state index contributed by atoms with van der Waals surface area (Å²) in [6.45, 7) is 4.45. The van der Waals surface area contributed by atoms with Gasteiger partial charge in [0.1, 0.15) is 0 Å². The number of nitrogen functional groups attached to an aromatic ring is 1. The average molecular weight is 331 g/mol. The molecule has 0 radical (unpaired) electrons. The Morgan fingerprint density at radius 1 is 1.38 bits per heavy atom. The predicted octanol–water partition coefficient (Wildman–Crippen LogP) is 3.57. The molecule has 1 aliphatic heterocycles. The molecule has 118 valence electrons. The van der Waals surface area contributed by atoms with E-state index in [-0.39, 0.29) is 10.9 Å². The van der Waals surface area contributed by atoms with Gasteiger partial charge in [-0.2, -0.15) is 4.31 Å². The Morgan fingerprint density at radius 2 is 2.10 bits per heavy atom. The second-order valence-electron chi connectivity index (χ2n) is 5.70. The molecule has 2 N–H and O–H groups in total. The molecule has 4 nitrogen and oxygen atoms in total. The molecular weight excluding hydrogens is 308 g/mol. The molecule has 0 amide bonds. The van der Waals surface area contributed by atoms with Crippen LogP contribution in [0.2, 0.25) is 5.02 Å². The van der Waals surface area contributed by atoms with Crippen molar-refractivity contribution in [1.29, 1.82) is 0 Å². The maximum Gasteiger partial charge on any atom is 0.243 e. The summed E-state index contributed by atoms with van der Waals surface area (Å²) < 4.78 is 27.5. The predicted molar refractivity (Wildman–Crippen MR) is 87.0 cm³/mol. The van der Waals surface area contributed by atoms with E-state index < -0.39 is 10.0 Å². The van der Waals surface area contributed by atoms with Crippen LogP contribution in [0.4, 0.5) is 5.69 Å². The largest absolute Gasteiger partial charge is 0.397 e. The van der Waals surface area contributed by atoms with Crippen LogP contribution in [0.3, 0.4) is 0 Å². The van der Waals surface area contributed by atoms with E-state index in [0.717, 1.165) is 32.1 Å². The summed E-state index contributed by atoms with van der Waals surface area (Å²) in [5.41, 5.74) is 6.84. The molecule has 0 aromatic heterocycles. The topological polar surface area (TPSA) is 63.4 Å². The van der Waals surface area contributed by atoms with Gasteiger partial charge in [0.25, 0.3) is 0 Å². The molecule has 1 unspecified atom stereocenters. The smallest absolute Gasteiger partial charge is 0.243 e. The highest BCUT2D eigenvalue weighted by Crippen LogP contribution is 2.32. The van der Waals surface area contributed by atoms with Crippen molar-refractivity contribution in [1.82, 2.24) is 4.31 Å². The van der Waals surface area contributed by atoms with Crippen LogP contribution in [-0.2, 0) is 10.0 Å². The number of sulfonamides is 1. The van der Waals surface area contributed by atoms with Gasteiger partial charge in [0.05, 0.1) is 15.6 Å². The molecule has 1 aliphatic rings. The van der Waals surface area contributed by atoms with Gasteiger partial charge >= 0.3 is 0 Å². The highest BCUT2D eigenvalue weighted by molar-refractivity contribution is 7.89. The lowest BCUT2D eigenvalue weighted by molar-refractivity contribution is 0.239. The normalized spacial score (nSPS) is 20.6. The van der Waals surface area contributed by atoms with Crippen LogP contribution in [-0.4, -0.2) is 25.3 Å². The third kappa shape index (κ3) is 3.35. The van der Waals surface area contributed by atoms with Crippen molar-refractivity contribution in [3.05, 3.63) is 22.7 Å². The minimum Gasteiger partial charge on any atom is -0.397 e. The summed E-state index contributed by atoms with van der Waals surface area (Å²) >= 11 is 6.03. The summed E-state index contributed by atoms with van der Waals surface area (Å²) in [7, 11) is -3.50. The van der Waals surface area contributed by atoms with Crippen LogP contribution in [0.25, 0.3) is 0 Å².